The number of benzene rings is 1. The van der Waals surface area contributed by atoms with Gasteiger partial charge in [-0.25, -0.2) is 13.2 Å². The summed E-state index contributed by atoms with van der Waals surface area (Å²) in [6.45, 7) is 0.375. The molecule has 0 unspecified atom stereocenters. The third kappa shape index (κ3) is 2.30. The Kier molecular flexibility index (Phi) is 3.50. The van der Waals surface area contributed by atoms with Crippen molar-refractivity contribution in [3.05, 3.63) is 47.3 Å². The van der Waals surface area contributed by atoms with Crippen molar-refractivity contribution in [1.29, 1.82) is 0 Å². The number of aromatic nitrogens is 2. The van der Waals surface area contributed by atoms with E-state index in [2.05, 4.69) is 5.10 Å². The average Bonchev–Trinajstić information content (AvgIpc) is 2.85. The number of aryl methyl sites for hydroxylation is 1. The van der Waals surface area contributed by atoms with Gasteiger partial charge in [0, 0.05) is 19.2 Å². The molecule has 7 nitrogen and oxygen atoms in total. The molecule has 0 saturated carbocycles. The molecule has 0 aliphatic carbocycles. The summed E-state index contributed by atoms with van der Waals surface area (Å²) in [5, 5.41) is 13.1. The number of fused-ring (bicyclic) bond motifs is 1. The van der Waals surface area contributed by atoms with E-state index in [0.29, 0.717) is 17.7 Å². The summed E-state index contributed by atoms with van der Waals surface area (Å²) in [4.78, 5) is 11.4. The average molecular weight is 321 g/mol. The van der Waals surface area contributed by atoms with E-state index >= 15 is 0 Å². The predicted molar refractivity (Wildman–Crippen MR) is 77.9 cm³/mol. The first-order valence-electron chi connectivity index (χ1n) is 6.74. The second kappa shape index (κ2) is 5.22. The molecular formula is C14H15N3O4S. The summed E-state index contributed by atoms with van der Waals surface area (Å²) in [5.41, 5.74) is 1.26. The standard InChI is InChI=1S/C14H15N3O4S/c1-16-12-9-17(8-7-11(12)13(15-16)14(18)19)22(20,21)10-5-3-2-4-6-10/h2-6H,7-9H2,1H3,(H,18,19). The Bertz CT molecular complexity index is 827. The van der Waals surface area contributed by atoms with Crippen molar-refractivity contribution in [2.45, 2.75) is 17.9 Å². The molecule has 22 heavy (non-hydrogen) atoms. The lowest BCUT2D eigenvalue weighted by molar-refractivity contribution is 0.0688. The summed E-state index contributed by atoms with van der Waals surface area (Å²) in [5.74, 6) is -1.09. The summed E-state index contributed by atoms with van der Waals surface area (Å²) in [6.07, 6.45) is 0.344. The number of carbonyl (C=O) groups is 1. The zero-order valence-electron chi connectivity index (χ0n) is 11.9. The highest BCUT2D eigenvalue weighted by molar-refractivity contribution is 7.89. The van der Waals surface area contributed by atoms with E-state index in [4.69, 9.17) is 5.11 Å². The van der Waals surface area contributed by atoms with Crippen LogP contribution in [0.4, 0.5) is 0 Å². The number of carboxylic acids is 1. The van der Waals surface area contributed by atoms with Gasteiger partial charge < -0.3 is 5.11 Å². The van der Waals surface area contributed by atoms with Gasteiger partial charge in [-0.05, 0) is 18.6 Å². The molecule has 0 radical (unpaired) electrons. The van der Waals surface area contributed by atoms with Crippen molar-refractivity contribution in [2.24, 2.45) is 7.05 Å². The number of rotatable bonds is 3. The van der Waals surface area contributed by atoms with Gasteiger partial charge in [0.15, 0.2) is 5.69 Å². The molecule has 0 atom stereocenters. The SMILES string of the molecule is Cn1nc(C(=O)O)c2c1CN(S(=O)(=O)c1ccccc1)CC2. The molecule has 3 rings (SSSR count). The monoisotopic (exact) mass is 321 g/mol. The molecule has 1 aliphatic rings. The Hall–Kier alpha value is -2.19. The van der Waals surface area contributed by atoms with Crippen LogP contribution in [-0.4, -0.2) is 40.1 Å². The maximum Gasteiger partial charge on any atom is 0.356 e. The number of nitrogens with zero attached hydrogens (tertiary/aromatic N) is 3. The summed E-state index contributed by atoms with van der Waals surface area (Å²) in [7, 11) is -1.96. The molecule has 0 spiro atoms. The highest BCUT2D eigenvalue weighted by Gasteiger charge is 2.33. The van der Waals surface area contributed by atoms with Crippen LogP contribution in [0, 0.1) is 0 Å². The Morgan fingerprint density at radius 1 is 1.27 bits per heavy atom. The second-order valence-corrected chi connectivity index (χ2v) is 7.04. The van der Waals surface area contributed by atoms with Gasteiger partial charge in [0.25, 0.3) is 0 Å². The third-order valence-electron chi connectivity index (χ3n) is 3.80. The minimum absolute atomic E-state index is 0.00857. The molecule has 2 heterocycles. The fourth-order valence-electron chi connectivity index (χ4n) is 2.66. The van der Waals surface area contributed by atoms with E-state index in [1.165, 1.54) is 8.99 Å². The summed E-state index contributed by atoms with van der Waals surface area (Å²) in [6, 6.07) is 8.21. The second-order valence-electron chi connectivity index (χ2n) is 5.10. The molecule has 1 aliphatic heterocycles. The van der Waals surface area contributed by atoms with Crippen LogP contribution in [0.5, 0.6) is 0 Å². The third-order valence-corrected chi connectivity index (χ3v) is 5.66. The summed E-state index contributed by atoms with van der Waals surface area (Å²) < 4.78 is 28.1. The zero-order valence-corrected chi connectivity index (χ0v) is 12.7. The van der Waals surface area contributed by atoms with E-state index in [1.807, 2.05) is 0 Å². The van der Waals surface area contributed by atoms with Gasteiger partial charge >= 0.3 is 5.97 Å². The van der Waals surface area contributed by atoms with Crippen molar-refractivity contribution < 1.29 is 18.3 Å². The number of sulfonamides is 1. The molecular weight excluding hydrogens is 306 g/mol. The Morgan fingerprint density at radius 2 is 1.95 bits per heavy atom. The first-order valence-corrected chi connectivity index (χ1v) is 8.18. The quantitative estimate of drug-likeness (QED) is 0.905. The Balaban J connectivity index is 1.97. The molecule has 2 aromatic rings. The van der Waals surface area contributed by atoms with Crippen molar-refractivity contribution in [3.63, 3.8) is 0 Å². The number of carboxylic acid groups (broad SMARTS) is 1. The number of hydrogen-bond donors (Lipinski definition) is 1. The van der Waals surface area contributed by atoms with Gasteiger partial charge in [-0.2, -0.15) is 9.40 Å². The number of aromatic carboxylic acids is 1. The van der Waals surface area contributed by atoms with E-state index in [0.717, 1.165) is 0 Å². The van der Waals surface area contributed by atoms with Gasteiger partial charge in [-0.15, -0.1) is 0 Å². The smallest absolute Gasteiger partial charge is 0.356 e. The van der Waals surface area contributed by atoms with Crippen molar-refractivity contribution in [3.8, 4) is 0 Å². The van der Waals surface area contributed by atoms with E-state index in [9.17, 15) is 13.2 Å². The van der Waals surface area contributed by atoms with E-state index in [1.54, 1.807) is 37.4 Å². The van der Waals surface area contributed by atoms with E-state index < -0.39 is 16.0 Å². The van der Waals surface area contributed by atoms with Crippen LogP contribution in [0.25, 0.3) is 0 Å². The molecule has 1 aromatic carbocycles. The van der Waals surface area contributed by atoms with Crippen LogP contribution in [0.1, 0.15) is 21.7 Å². The van der Waals surface area contributed by atoms with Crippen LogP contribution < -0.4 is 0 Å². The Labute approximate surface area is 127 Å². The molecule has 116 valence electrons. The highest BCUT2D eigenvalue weighted by atomic mass is 32.2. The maximum atomic E-state index is 12.6. The van der Waals surface area contributed by atoms with Crippen molar-refractivity contribution in [1.82, 2.24) is 14.1 Å². The van der Waals surface area contributed by atoms with E-state index in [-0.39, 0.29) is 23.7 Å². The molecule has 0 saturated heterocycles. The fraction of sp³-hybridized carbons (Fsp3) is 0.286. The lowest BCUT2D eigenvalue weighted by Crippen LogP contribution is -2.36. The first-order chi connectivity index (χ1) is 10.4. The van der Waals surface area contributed by atoms with Gasteiger partial charge in [-0.1, -0.05) is 18.2 Å². The lowest BCUT2D eigenvalue weighted by atomic mass is 10.1. The predicted octanol–water partition coefficient (Wildman–Crippen LogP) is 0.865. The summed E-state index contributed by atoms with van der Waals surface area (Å²) >= 11 is 0. The van der Waals surface area contributed by atoms with Crippen LogP contribution in [0.15, 0.2) is 35.2 Å². The van der Waals surface area contributed by atoms with Gasteiger partial charge in [0.2, 0.25) is 10.0 Å². The fourth-order valence-corrected chi connectivity index (χ4v) is 4.09. The maximum absolute atomic E-state index is 12.6. The van der Waals surface area contributed by atoms with Crippen molar-refractivity contribution in [2.75, 3.05) is 6.54 Å². The minimum atomic E-state index is -3.59. The van der Waals surface area contributed by atoms with Gasteiger partial charge in [0.05, 0.1) is 17.1 Å². The normalized spacial score (nSPS) is 15.5. The molecule has 0 bridgehead atoms. The molecule has 0 fully saturated rings. The Morgan fingerprint density at radius 3 is 2.59 bits per heavy atom. The largest absolute Gasteiger partial charge is 0.476 e. The lowest BCUT2D eigenvalue weighted by Gasteiger charge is -2.26. The number of hydrogen-bond acceptors (Lipinski definition) is 4. The molecule has 8 heteroatoms. The van der Waals surface area contributed by atoms with Crippen LogP contribution in [0.3, 0.4) is 0 Å². The highest BCUT2D eigenvalue weighted by Crippen LogP contribution is 2.26. The molecule has 1 aromatic heterocycles. The van der Waals surface area contributed by atoms with Gasteiger partial charge in [-0.3, -0.25) is 4.68 Å². The topological polar surface area (TPSA) is 92.5 Å². The van der Waals surface area contributed by atoms with Crippen molar-refractivity contribution >= 4 is 16.0 Å². The first kappa shape index (κ1) is 14.7. The molecule has 0 amide bonds. The van der Waals surface area contributed by atoms with Gasteiger partial charge in [0.1, 0.15) is 0 Å². The zero-order chi connectivity index (χ0) is 15.9. The van der Waals surface area contributed by atoms with Crippen LogP contribution >= 0.6 is 0 Å². The van der Waals surface area contributed by atoms with Crippen LogP contribution in [0.2, 0.25) is 0 Å². The minimum Gasteiger partial charge on any atom is -0.476 e. The van der Waals surface area contributed by atoms with Crippen LogP contribution in [-0.2, 0) is 30.0 Å². The molecule has 1 N–H and O–H groups in total.